The third kappa shape index (κ3) is 3.14. The van der Waals surface area contributed by atoms with Crippen LogP contribution in [0.1, 0.15) is 24.6 Å². The monoisotopic (exact) mass is 352 g/mol. The van der Waals surface area contributed by atoms with Crippen LogP contribution in [0.25, 0.3) is 0 Å². The standard InChI is InChI=1S/C11H17BrN2O2S2/c1-3-7-4-9(7)14-18(15,16)10-5-8(6-13-2)17-11(10)12/h5,7,9,13-14H,3-4,6H2,1-2H3. The predicted molar refractivity (Wildman–Crippen MR) is 77.3 cm³/mol. The molecule has 1 aromatic rings. The maximum absolute atomic E-state index is 12.2. The molecule has 0 radical (unpaired) electrons. The first kappa shape index (κ1) is 14.5. The topological polar surface area (TPSA) is 58.2 Å². The van der Waals surface area contributed by atoms with Crippen LogP contribution < -0.4 is 10.0 Å². The zero-order chi connectivity index (χ0) is 13.3. The molecular weight excluding hydrogens is 336 g/mol. The van der Waals surface area contributed by atoms with Crippen LogP contribution in [0.5, 0.6) is 0 Å². The van der Waals surface area contributed by atoms with E-state index in [1.165, 1.54) is 11.3 Å². The van der Waals surface area contributed by atoms with Crippen molar-refractivity contribution in [3.05, 3.63) is 14.7 Å². The molecule has 0 aliphatic heterocycles. The molecule has 2 unspecified atom stereocenters. The van der Waals surface area contributed by atoms with E-state index in [2.05, 4.69) is 32.9 Å². The Hall–Kier alpha value is 0.0500. The summed E-state index contributed by atoms with van der Waals surface area (Å²) in [6.45, 7) is 2.77. The normalized spacial score (nSPS) is 23.3. The first-order valence-corrected chi connectivity index (χ1v) is 9.02. The van der Waals surface area contributed by atoms with E-state index < -0.39 is 10.0 Å². The van der Waals surface area contributed by atoms with Crippen LogP contribution >= 0.6 is 27.3 Å². The fraction of sp³-hybridized carbons (Fsp3) is 0.636. The maximum atomic E-state index is 12.2. The lowest BCUT2D eigenvalue weighted by atomic mass is 10.3. The van der Waals surface area contributed by atoms with Gasteiger partial charge in [0.25, 0.3) is 0 Å². The van der Waals surface area contributed by atoms with Crippen molar-refractivity contribution in [2.75, 3.05) is 7.05 Å². The largest absolute Gasteiger partial charge is 0.315 e. The highest BCUT2D eigenvalue weighted by Gasteiger charge is 2.39. The van der Waals surface area contributed by atoms with E-state index in [1.54, 1.807) is 6.07 Å². The van der Waals surface area contributed by atoms with Gasteiger partial charge in [-0.15, -0.1) is 11.3 Å². The molecule has 1 heterocycles. The summed E-state index contributed by atoms with van der Waals surface area (Å²) >= 11 is 4.79. The average molecular weight is 353 g/mol. The van der Waals surface area contributed by atoms with E-state index in [0.717, 1.165) is 17.7 Å². The van der Waals surface area contributed by atoms with E-state index in [0.29, 0.717) is 21.1 Å². The third-order valence-electron chi connectivity index (χ3n) is 3.10. The predicted octanol–water partition coefficient (Wildman–Crippen LogP) is 2.31. The molecular formula is C11H17BrN2O2S2. The Morgan fingerprint density at radius 1 is 1.56 bits per heavy atom. The van der Waals surface area contributed by atoms with Crippen molar-refractivity contribution >= 4 is 37.3 Å². The summed E-state index contributed by atoms with van der Waals surface area (Å²) in [5.74, 6) is 0.508. The third-order valence-corrected chi connectivity index (χ3v) is 6.84. The van der Waals surface area contributed by atoms with Gasteiger partial charge in [0.05, 0.1) is 3.79 Å². The van der Waals surface area contributed by atoms with E-state index in [9.17, 15) is 8.42 Å². The van der Waals surface area contributed by atoms with E-state index in [1.807, 2.05) is 7.05 Å². The number of hydrogen-bond donors (Lipinski definition) is 2. The Morgan fingerprint density at radius 3 is 2.83 bits per heavy atom. The maximum Gasteiger partial charge on any atom is 0.242 e. The highest BCUT2D eigenvalue weighted by Crippen LogP contribution is 2.37. The Kier molecular flexibility index (Phi) is 4.48. The molecule has 1 fully saturated rings. The van der Waals surface area contributed by atoms with Gasteiger partial charge in [-0.1, -0.05) is 13.3 Å². The summed E-state index contributed by atoms with van der Waals surface area (Å²) in [5, 5.41) is 3.02. The first-order chi connectivity index (χ1) is 8.47. The Labute approximate surface area is 120 Å². The molecule has 7 heteroatoms. The fourth-order valence-corrected chi connectivity index (χ4v) is 5.96. The van der Waals surface area contributed by atoms with E-state index in [-0.39, 0.29) is 6.04 Å². The summed E-state index contributed by atoms with van der Waals surface area (Å²) in [5.41, 5.74) is 0. The second-order valence-corrected chi connectivity index (χ2v) is 8.65. The molecule has 2 atom stereocenters. The van der Waals surface area contributed by atoms with Gasteiger partial charge in [0.2, 0.25) is 10.0 Å². The van der Waals surface area contributed by atoms with Crippen LogP contribution in [0.15, 0.2) is 14.7 Å². The average Bonchev–Trinajstić information content (AvgIpc) is 2.92. The lowest BCUT2D eigenvalue weighted by molar-refractivity contribution is 0.576. The lowest BCUT2D eigenvalue weighted by Crippen LogP contribution is -2.27. The van der Waals surface area contributed by atoms with Crippen molar-refractivity contribution in [1.29, 1.82) is 0 Å². The molecule has 0 aromatic carbocycles. The number of rotatable bonds is 6. The van der Waals surface area contributed by atoms with Crippen molar-refractivity contribution in [2.45, 2.75) is 37.2 Å². The second kappa shape index (κ2) is 5.58. The van der Waals surface area contributed by atoms with Gasteiger partial charge >= 0.3 is 0 Å². The van der Waals surface area contributed by atoms with Crippen molar-refractivity contribution in [3.8, 4) is 0 Å². The van der Waals surface area contributed by atoms with Crippen LogP contribution in [0, 0.1) is 5.92 Å². The second-order valence-electron chi connectivity index (χ2n) is 4.51. The van der Waals surface area contributed by atoms with Crippen LogP contribution in [-0.2, 0) is 16.6 Å². The zero-order valence-corrected chi connectivity index (χ0v) is 13.6. The van der Waals surface area contributed by atoms with E-state index in [4.69, 9.17) is 0 Å². The quantitative estimate of drug-likeness (QED) is 0.825. The van der Waals surface area contributed by atoms with Gasteiger partial charge < -0.3 is 5.32 Å². The molecule has 1 aliphatic carbocycles. The summed E-state index contributed by atoms with van der Waals surface area (Å²) in [7, 11) is -1.54. The van der Waals surface area contributed by atoms with Crippen molar-refractivity contribution in [2.24, 2.45) is 5.92 Å². The van der Waals surface area contributed by atoms with Crippen LogP contribution in [0.3, 0.4) is 0 Å². The summed E-state index contributed by atoms with van der Waals surface area (Å²) in [6.07, 6.45) is 1.99. The van der Waals surface area contributed by atoms with Crippen LogP contribution in [0.4, 0.5) is 0 Å². The molecule has 1 aliphatic rings. The van der Waals surface area contributed by atoms with Gasteiger partial charge in [-0.05, 0) is 41.4 Å². The van der Waals surface area contributed by atoms with Gasteiger partial charge in [0.1, 0.15) is 4.90 Å². The minimum absolute atomic E-state index is 0.125. The van der Waals surface area contributed by atoms with Gasteiger partial charge in [-0.25, -0.2) is 13.1 Å². The number of halogens is 1. The minimum atomic E-state index is -3.38. The lowest BCUT2D eigenvalue weighted by Gasteiger charge is -2.04. The molecule has 2 N–H and O–H groups in total. The van der Waals surface area contributed by atoms with Gasteiger partial charge in [-0.3, -0.25) is 0 Å². The van der Waals surface area contributed by atoms with Gasteiger partial charge in [-0.2, -0.15) is 0 Å². The summed E-state index contributed by atoms with van der Waals surface area (Å²) in [6, 6.07) is 1.86. The van der Waals surface area contributed by atoms with Crippen LogP contribution in [-0.4, -0.2) is 21.5 Å². The minimum Gasteiger partial charge on any atom is -0.315 e. The number of sulfonamides is 1. The molecule has 0 amide bonds. The fourth-order valence-electron chi connectivity index (χ4n) is 1.95. The molecule has 0 saturated heterocycles. The SMILES string of the molecule is CCC1CC1NS(=O)(=O)c1cc(CNC)sc1Br. The van der Waals surface area contributed by atoms with Crippen molar-refractivity contribution in [3.63, 3.8) is 0 Å². The number of nitrogens with one attached hydrogen (secondary N) is 2. The van der Waals surface area contributed by atoms with Gasteiger partial charge in [0, 0.05) is 17.5 Å². The molecule has 2 rings (SSSR count). The molecule has 1 aromatic heterocycles. The Morgan fingerprint density at radius 2 is 2.28 bits per heavy atom. The molecule has 1 saturated carbocycles. The summed E-state index contributed by atoms with van der Waals surface area (Å²) in [4.78, 5) is 1.37. The van der Waals surface area contributed by atoms with Crippen molar-refractivity contribution in [1.82, 2.24) is 10.0 Å². The molecule has 0 bridgehead atoms. The smallest absolute Gasteiger partial charge is 0.242 e. The number of thiophene rings is 1. The molecule has 102 valence electrons. The van der Waals surface area contributed by atoms with E-state index >= 15 is 0 Å². The first-order valence-electron chi connectivity index (χ1n) is 5.93. The Balaban J connectivity index is 2.14. The highest BCUT2D eigenvalue weighted by molar-refractivity contribution is 9.11. The molecule has 4 nitrogen and oxygen atoms in total. The summed E-state index contributed by atoms with van der Waals surface area (Å²) < 4.78 is 27.9. The van der Waals surface area contributed by atoms with Gasteiger partial charge in [0.15, 0.2) is 0 Å². The van der Waals surface area contributed by atoms with Crippen LogP contribution in [0.2, 0.25) is 0 Å². The Bertz CT molecular complexity index is 527. The highest BCUT2D eigenvalue weighted by atomic mass is 79.9. The van der Waals surface area contributed by atoms with Crippen molar-refractivity contribution < 1.29 is 8.42 Å². The zero-order valence-electron chi connectivity index (χ0n) is 10.4. The molecule has 0 spiro atoms. The number of hydrogen-bond acceptors (Lipinski definition) is 4. The molecule has 18 heavy (non-hydrogen) atoms.